The number of hydrogen-bond donors (Lipinski definition) is 1. The van der Waals surface area contributed by atoms with Gasteiger partial charge < -0.3 is 10.3 Å². The van der Waals surface area contributed by atoms with Crippen molar-refractivity contribution in [2.75, 3.05) is 5.73 Å². The van der Waals surface area contributed by atoms with E-state index in [1.165, 1.54) is 0 Å². The molecule has 0 fully saturated rings. The molecular formula is C12H13N7O. The Labute approximate surface area is 114 Å². The number of hydrogen-bond acceptors (Lipinski definition) is 7. The van der Waals surface area contributed by atoms with E-state index in [2.05, 4.69) is 25.3 Å². The maximum Gasteiger partial charge on any atom is 0.280 e. The molecule has 3 heterocycles. The summed E-state index contributed by atoms with van der Waals surface area (Å²) in [7, 11) is 0. The Balaban J connectivity index is 1.97. The van der Waals surface area contributed by atoms with Crippen LogP contribution in [0.5, 0.6) is 0 Å². The molecule has 0 saturated carbocycles. The first kappa shape index (κ1) is 12.3. The summed E-state index contributed by atoms with van der Waals surface area (Å²) >= 11 is 0. The highest BCUT2D eigenvalue weighted by Gasteiger charge is 2.14. The lowest BCUT2D eigenvalue weighted by Gasteiger charge is -1.98. The van der Waals surface area contributed by atoms with Crippen LogP contribution in [-0.4, -0.2) is 30.1 Å². The number of aromatic nitrogens is 6. The predicted molar refractivity (Wildman–Crippen MR) is 71.4 cm³/mol. The quantitative estimate of drug-likeness (QED) is 0.764. The van der Waals surface area contributed by atoms with Crippen LogP contribution >= 0.6 is 0 Å². The van der Waals surface area contributed by atoms with Gasteiger partial charge in [0.25, 0.3) is 5.89 Å². The Morgan fingerprint density at radius 3 is 2.85 bits per heavy atom. The van der Waals surface area contributed by atoms with E-state index >= 15 is 0 Å². The molecule has 0 unspecified atom stereocenters. The van der Waals surface area contributed by atoms with Crippen LogP contribution in [0.25, 0.3) is 23.0 Å². The molecule has 8 heteroatoms. The first-order valence-corrected chi connectivity index (χ1v) is 6.14. The van der Waals surface area contributed by atoms with Gasteiger partial charge in [-0.25, -0.2) is 4.98 Å². The molecule has 3 aromatic heterocycles. The lowest BCUT2D eigenvalue weighted by Crippen LogP contribution is -1.98. The second-order valence-electron chi connectivity index (χ2n) is 4.26. The molecule has 2 N–H and O–H groups in total. The molecule has 0 spiro atoms. The van der Waals surface area contributed by atoms with Gasteiger partial charge in [0, 0.05) is 11.3 Å². The zero-order valence-electron chi connectivity index (χ0n) is 11.1. The number of nitrogens with two attached hydrogens (primary N) is 1. The van der Waals surface area contributed by atoms with E-state index in [4.69, 9.17) is 10.3 Å². The third-order valence-corrected chi connectivity index (χ3v) is 2.70. The Bertz CT molecular complexity index is 726. The standard InChI is InChI=1S/C12H13N7O/c1-3-19-14-6-9(17-19)12-16-11(18-20-12)8-4-7(2)15-10(13)5-8/h4-6H,3H2,1-2H3,(H2,13,15). The smallest absolute Gasteiger partial charge is 0.280 e. The van der Waals surface area contributed by atoms with E-state index < -0.39 is 0 Å². The van der Waals surface area contributed by atoms with E-state index in [1.807, 2.05) is 19.9 Å². The molecule has 0 saturated heterocycles. The number of pyridine rings is 1. The van der Waals surface area contributed by atoms with Crippen LogP contribution in [0.3, 0.4) is 0 Å². The summed E-state index contributed by atoms with van der Waals surface area (Å²) in [6.07, 6.45) is 1.59. The SMILES string of the molecule is CCn1ncc(-c2nc(-c3cc(C)nc(N)c3)no2)n1. The maximum atomic E-state index is 5.71. The molecule has 0 aliphatic heterocycles. The first-order valence-electron chi connectivity index (χ1n) is 6.14. The molecule has 3 aromatic rings. The largest absolute Gasteiger partial charge is 0.384 e. The summed E-state index contributed by atoms with van der Waals surface area (Å²) in [5, 5.41) is 12.2. The summed E-state index contributed by atoms with van der Waals surface area (Å²) in [5.74, 6) is 1.19. The average Bonchev–Trinajstić information content (AvgIpc) is 3.06. The van der Waals surface area contributed by atoms with Crippen molar-refractivity contribution in [3.05, 3.63) is 24.0 Å². The summed E-state index contributed by atoms with van der Waals surface area (Å²) in [6.45, 7) is 4.49. The summed E-state index contributed by atoms with van der Waals surface area (Å²) in [5.41, 5.74) is 7.81. The fourth-order valence-corrected chi connectivity index (χ4v) is 1.82. The topological polar surface area (TPSA) is 109 Å². The van der Waals surface area contributed by atoms with Crippen LogP contribution in [0, 0.1) is 6.92 Å². The van der Waals surface area contributed by atoms with Crippen molar-refractivity contribution in [3.8, 4) is 23.0 Å². The van der Waals surface area contributed by atoms with Crippen LogP contribution in [0.1, 0.15) is 12.6 Å². The molecular weight excluding hydrogens is 258 g/mol. The van der Waals surface area contributed by atoms with Crippen LogP contribution in [0.2, 0.25) is 0 Å². The number of rotatable bonds is 3. The molecule has 0 bridgehead atoms. The molecule has 0 aliphatic carbocycles. The molecule has 20 heavy (non-hydrogen) atoms. The van der Waals surface area contributed by atoms with Gasteiger partial charge in [-0.3, -0.25) is 0 Å². The van der Waals surface area contributed by atoms with Gasteiger partial charge in [-0.1, -0.05) is 5.16 Å². The van der Waals surface area contributed by atoms with Crippen LogP contribution < -0.4 is 5.73 Å². The third kappa shape index (κ3) is 2.22. The van der Waals surface area contributed by atoms with E-state index in [0.29, 0.717) is 29.8 Å². The molecule has 3 rings (SSSR count). The lowest BCUT2D eigenvalue weighted by atomic mass is 10.2. The molecule has 0 aliphatic rings. The molecule has 0 atom stereocenters. The zero-order chi connectivity index (χ0) is 14.1. The van der Waals surface area contributed by atoms with Gasteiger partial charge in [0.05, 0.1) is 12.7 Å². The molecule has 102 valence electrons. The van der Waals surface area contributed by atoms with E-state index in [9.17, 15) is 0 Å². The Kier molecular flexibility index (Phi) is 2.90. The van der Waals surface area contributed by atoms with Crippen molar-refractivity contribution in [3.63, 3.8) is 0 Å². The van der Waals surface area contributed by atoms with Crippen molar-refractivity contribution in [2.45, 2.75) is 20.4 Å². The maximum absolute atomic E-state index is 5.71. The predicted octanol–water partition coefficient (Wildman–Crippen LogP) is 1.30. The Hall–Kier alpha value is -2.77. The van der Waals surface area contributed by atoms with E-state index in [1.54, 1.807) is 17.1 Å². The van der Waals surface area contributed by atoms with E-state index in [-0.39, 0.29) is 0 Å². The van der Waals surface area contributed by atoms with Gasteiger partial charge in [0.2, 0.25) is 5.82 Å². The van der Waals surface area contributed by atoms with Gasteiger partial charge in [0.1, 0.15) is 5.82 Å². The van der Waals surface area contributed by atoms with Gasteiger partial charge in [-0.05, 0) is 26.0 Å². The summed E-state index contributed by atoms with van der Waals surface area (Å²) in [6, 6.07) is 3.54. The molecule has 0 aromatic carbocycles. The van der Waals surface area contributed by atoms with Crippen molar-refractivity contribution in [1.29, 1.82) is 0 Å². The van der Waals surface area contributed by atoms with Gasteiger partial charge in [-0.15, -0.1) is 5.10 Å². The van der Waals surface area contributed by atoms with Crippen LogP contribution in [0.4, 0.5) is 5.82 Å². The highest BCUT2D eigenvalue weighted by molar-refractivity contribution is 5.61. The monoisotopic (exact) mass is 271 g/mol. The van der Waals surface area contributed by atoms with Gasteiger partial charge >= 0.3 is 0 Å². The zero-order valence-corrected chi connectivity index (χ0v) is 11.1. The minimum Gasteiger partial charge on any atom is -0.384 e. The number of nitrogens with zero attached hydrogens (tertiary/aromatic N) is 6. The molecule has 8 nitrogen and oxygen atoms in total. The van der Waals surface area contributed by atoms with Crippen molar-refractivity contribution < 1.29 is 4.52 Å². The molecule has 0 radical (unpaired) electrons. The van der Waals surface area contributed by atoms with Crippen LogP contribution in [0.15, 0.2) is 22.9 Å². The summed E-state index contributed by atoms with van der Waals surface area (Å²) < 4.78 is 5.20. The van der Waals surface area contributed by atoms with Crippen molar-refractivity contribution in [1.82, 2.24) is 30.1 Å². The van der Waals surface area contributed by atoms with Gasteiger partial charge in [0.15, 0.2) is 5.69 Å². The second kappa shape index (κ2) is 4.72. The highest BCUT2D eigenvalue weighted by atomic mass is 16.5. The second-order valence-corrected chi connectivity index (χ2v) is 4.26. The Morgan fingerprint density at radius 2 is 2.15 bits per heavy atom. The van der Waals surface area contributed by atoms with E-state index in [0.717, 1.165) is 11.3 Å². The highest BCUT2D eigenvalue weighted by Crippen LogP contribution is 2.22. The normalized spacial score (nSPS) is 10.9. The molecule has 0 amide bonds. The number of aryl methyl sites for hydroxylation is 2. The van der Waals surface area contributed by atoms with Gasteiger partial charge in [-0.2, -0.15) is 14.9 Å². The fourth-order valence-electron chi connectivity index (χ4n) is 1.82. The number of anilines is 1. The fraction of sp³-hybridized carbons (Fsp3) is 0.250. The average molecular weight is 271 g/mol. The van der Waals surface area contributed by atoms with Crippen molar-refractivity contribution in [2.24, 2.45) is 0 Å². The Morgan fingerprint density at radius 1 is 1.30 bits per heavy atom. The lowest BCUT2D eigenvalue weighted by molar-refractivity contribution is 0.430. The minimum atomic E-state index is 0.327. The number of nitrogen functional groups attached to an aromatic ring is 1. The minimum absolute atomic E-state index is 0.327. The first-order chi connectivity index (χ1) is 9.65. The van der Waals surface area contributed by atoms with Crippen molar-refractivity contribution >= 4 is 5.82 Å². The summed E-state index contributed by atoms with van der Waals surface area (Å²) in [4.78, 5) is 9.96. The van der Waals surface area contributed by atoms with Crippen LogP contribution in [-0.2, 0) is 6.54 Å². The third-order valence-electron chi connectivity index (χ3n) is 2.70.